The molecule has 1 heterocycles. The van der Waals surface area contributed by atoms with E-state index in [1.165, 1.54) is 9.13 Å². The lowest BCUT2D eigenvalue weighted by Gasteiger charge is -2.06. The fourth-order valence-electron chi connectivity index (χ4n) is 2.61. The molecule has 6 heteroatoms. The van der Waals surface area contributed by atoms with E-state index >= 15 is 0 Å². The molecule has 1 aromatic heterocycles. The third kappa shape index (κ3) is 2.92. The van der Waals surface area contributed by atoms with Crippen molar-refractivity contribution in [1.82, 2.24) is 14.5 Å². The van der Waals surface area contributed by atoms with Crippen molar-refractivity contribution in [3.63, 3.8) is 0 Å². The van der Waals surface area contributed by atoms with Gasteiger partial charge >= 0.3 is 5.69 Å². The number of hydrogen-bond donors (Lipinski definition) is 1. The molecule has 0 saturated carbocycles. The highest BCUT2D eigenvalue weighted by molar-refractivity contribution is 5.80. The van der Waals surface area contributed by atoms with Gasteiger partial charge in [0.1, 0.15) is 6.54 Å². The number of amides is 1. The van der Waals surface area contributed by atoms with Gasteiger partial charge in [0, 0.05) is 13.6 Å². The zero-order valence-corrected chi connectivity index (χ0v) is 13.2. The van der Waals surface area contributed by atoms with Gasteiger partial charge in [-0.05, 0) is 29.8 Å². The van der Waals surface area contributed by atoms with E-state index in [1.807, 2.05) is 30.3 Å². The first kappa shape index (κ1) is 15.6. The maximum Gasteiger partial charge on any atom is 0.329 e. The summed E-state index contributed by atoms with van der Waals surface area (Å²) < 4.78 is 2.99. The van der Waals surface area contributed by atoms with Gasteiger partial charge in [0.05, 0.1) is 22.7 Å². The molecule has 0 aliphatic rings. The summed E-state index contributed by atoms with van der Waals surface area (Å²) in [5.74, 6) is -0.238. The van der Waals surface area contributed by atoms with E-state index in [0.717, 1.165) is 16.6 Å². The third-order valence-corrected chi connectivity index (χ3v) is 3.93. The number of nitrogens with zero attached hydrogens (tertiary/aromatic N) is 3. The van der Waals surface area contributed by atoms with Crippen molar-refractivity contribution in [2.75, 3.05) is 0 Å². The number of aryl methyl sites for hydroxylation is 1. The van der Waals surface area contributed by atoms with E-state index in [4.69, 9.17) is 5.26 Å². The average Bonchev–Trinajstić information content (AvgIpc) is 2.86. The van der Waals surface area contributed by atoms with E-state index in [-0.39, 0.29) is 18.1 Å². The molecule has 24 heavy (non-hydrogen) atoms. The van der Waals surface area contributed by atoms with E-state index in [0.29, 0.717) is 12.1 Å². The Morgan fingerprint density at radius 2 is 1.79 bits per heavy atom. The molecule has 0 spiro atoms. The topological polar surface area (TPSA) is 79.8 Å². The summed E-state index contributed by atoms with van der Waals surface area (Å²) in [5, 5.41) is 11.6. The highest BCUT2D eigenvalue weighted by atomic mass is 16.2. The summed E-state index contributed by atoms with van der Waals surface area (Å²) in [6.07, 6.45) is 0. The van der Waals surface area contributed by atoms with Crippen molar-refractivity contribution in [2.24, 2.45) is 7.05 Å². The fraction of sp³-hybridized carbons (Fsp3) is 0.167. The molecule has 0 aliphatic heterocycles. The van der Waals surface area contributed by atoms with Crippen LogP contribution in [0, 0.1) is 11.3 Å². The molecular weight excluding hydrogens is 304 g/mol. The SMILES string of the molecule is Cn1c(=O)n(CC(=O)NCc2ccc(C#N)cc2)c2ccccc21. The van der Waals surface area contributed by atoms with Crippen molar-refractivity contribution in [3.05, 3.63) is 70.1 Å². The molecule has 6 nitrogen and oxygen atoms in total. The number of nitriles is 1. The van der Waals surface area contributed by atoms with Gasteiger partial charge in [0.25, 0.3) is 0 Å². The maximum atomic E-state index is 12.3. The summed E-state index contributed by atoms with van der Waals surface area (Å²) in [5.41, 5.74) is 2.78. The van der Waals surface area contributed by atoms with Crippen LogP contribution in [0.5, 0.6) is 0 Å². The van der Waals surface area contributed by atoms with Crippen LogP contribution in [-0.4, -0.2) is 15.0 Å². The predicted octanol–water partition coefficient (Wildman–Crippen LogP) is 1.53. The first-order valence-electron chi connectivity index (χ1n) is 7.50. The van der Waals surface area contributed by atoms with Gasteiger partial charge in [-0.25, -0.2) is 4.79 Å². The van der Waals surface area contributed by atoms with Gasteiger partial charge in [-0.1, -0.05) is 24.3 Å². The second-order valence-electron chi connectivity index (χ2n) is 5.50. The largest absolute Gasteiger partial charge is 0.350 e. The Bertz CT molecular complexity index is 991. The second-order valence-corrected chi connectivity index (χ2v) is 5.50. The summed E-state index contributed by atoms with van der Waals surface area (Å²) in [6, 6.07) is 16.4. The highest BCUT2D eigenvalue weighted by Crippen LogP contribution is 2.11. The molecule has 0 atom stereocenters. The van der Waals surface area contributed by atoms with Gasteiger partial charge in [0.15, 0.2) is 0 Å². The van der Waals surface area contributed by atoms with Crippen LogP contribution in [-0.2, 0) is 24.9 Å². The van der Waals surface area contributed by atoms with Crippen LogP contribution in [0.1, 0.15) is 11.1 Å². The van der Waals surface area contributed by atoms with E-state index < -0.39 is 0 Å². The minimum absolute atomic E-state index is 0.0313. The van der Waals surface area contributed by atoms with Crippen molar-refractivity contribution in [3.8, 4) is 6.07 Å². The molecular formula is C18H16N4O2. The molecule has 0 radical (unpaired) electrons. The lowest BCUT2D eigenvalue weighted by molar-refractivity contribution is -0.121. The lowest BCUT2D eigenvalue weighted by atomic mass is 10.1. The molecule has 3 rings (SSSR count). The molecule has 0 aliphatic carbocycles. The Labute approximate surface area is 138 Å². The monoisotopic (exact) mass is 320 g/mol. The number of hydrogen-bond acceptors (Lipinski definition) is 3. The Morgan fingerprint density at radius 3 is 2.46 bits per heavy atom. The number of benzene rings is 2. The number of aromatic nitrogens is 2. The molecule has 0 bridgehead atoms. The van der Waals surface area contributed by atoms with Crippen LogP contribution >= 0.6 is 0 Å². The van der Waals surface area contributed by atoms with E-state index in [1.54, 1.807) is 31.3 Å². The van der Waals surface area contributed by atoms with Crippen LogP contribution < -0.4 is 11.0 Å². The maximum absolute atomic E-state index is 12.3. The third-order valence-electron chi connectivity index (χ3n) is 3.93. The zero-order valence-electron chi connectivity index (χ0n) is 13.2. The number of fused-ring (bicyclic) bond motifs is 1. The van der Waals surface area contributed by atoms with Crippen LogP contribution in [0.15, 0.2) is 53.3 Å². The smallest absolute Gasteiger partial charge is 0.329 e. The molecule has 120 valence electrons. The van der Waals surface area contributed by atoms with Crippen LogP contribution in [0.4, 0.5) is 0 Å². The normalized spacial score (nSPS) is 10.5. The van der Waals surface area contributed by atoms with Crippen molar-refractivity contribution < 1.29 is 4.79 Å². The lowest BCUT2D eigenvalue weighted by Crippen LogP contribution is -2.32. The Hall–Kier alpha value is -3.33. The number of carbonyl (C=O) groups is 1. The van der Waals surface area contributed by atoms with Crippen molar-refractivity contribution >= 4 is 16.9 Å². The van der Waals surface area contributed by atoms with E-state index in [2.05, 4.69) is 5.32 Å². The number of para-hydroxylation sites is 2. The minimum Gasteiger partial charge on any atom is -0.350 e. The van der Waals surface area contributed by atoms with Gasteiger partial charge in [-0.15, -0.1) is 0 Å². The number of rotatable bonds is 4. The van der Waals surface area contributed by atoms with E-state index in [9.17, 15) is 9.59 Å². The average molecular weight is 320 g/mol. The first-order valence-corrected chi connectivity index (χ1v) is 7.50. The molecule has 1 N–H and O–H groups in total. The number of nitrogens with one attached hydrogen (secondary N) is 1. The summed E-state index contributed by atoms with van der Waals surface area (Å²) in [7, 11) is 1.69. The van der Waals surface area contributed by atoms with Crippen molar-refractivity contribution in [1.29, 1.82) is 5.26 Å². The summed E-state index contributed by atoms with van der Waals surface area (Å²) >= 11 is 0. The molecule has 0 fully saturated rings. The fourth-order valence-corrected chi connectivity index (χ4v) is 2.61. The molecule has 0 unspecified atom stereocenters. The van der Waals surface area contributed by atoms with Gasteiger partial charge < -0.3 is 5.32 Å². The van der Waals surface area contributed by atoms with Gasteiger partial charge in [0.2, 0.25) is 5.91 Å². The minimum atomic E-state index is -0.238. The molecule has 3 aromatic rings. The summed E-state index contributed by atoms with van der Waals surface area (Å²) in [4.78, 5) is 24.5. The second kappa shape index (κ2) is 6.42. The van der Waals surface area contributed by atoms with Crippen LogP contribution in [0.3, 0.4) is 0 Å². The number of carbonyl (C=O) groups excluding carboxylic acids is 1. The molecule has 0 saturated heterocycles. The highest BCUT2D eigenvalue weighted by Gasteiger charge is 2.12. The Kier molecular flexibility index (Phi) is 4.17. The van der Waals surface area contributed by atoms with Crippen LogP contribution in [0.25, 0.3) is 11.0 Å². The first-order chi connectivity index (χ1) is 11.6. The predicted molar refractivity (Wildman–Crippen MR) is 90.2 cm³/mol. The Morgan fingerprint density at radius 1 is 1.12 bits per heavy atom. The number of imidazole rings is 1. The summed E-state index contributed by atoms with van der Waals surface area (Å²) in [6.45, 7) is 0.320. The van der Waals surface area contributed by atoms with Crippen LogP contribution in [0.2, 0.25) is 0 Å². The van der Waals surface area contributed by atoms with Crippen molar-refractivity contribution in [2.45, 2.75) is 13.1 Å². The quantitative estimate of drug-likeness (QED) is 0.791. The molecule has 1 amide bonds. The van der Waals surface area contributed by atoms with Gasteiger partial charge in [-0.2, -0.15) is 5.26 Å². The Balaban J connectivity index is 1.72. The standard InChI is InChI=1S/C18H16N4O2/c1-21-15-4-2-3-5-16(15)22(18(21)24)12-17(23)20-11-14-8-6-13(10-19)7-9-14/h2-9H,11-12H2,1H3,(H,20,23). The van der Waals surface area contributed by atoms with Gasteiger partial charge in [-0.3, -0.25) is 13.9 Å². The molecule has 2 aromatic carbocycles. The zero-order chi connectivity index (χ0) is 17.1.